The van der Waals surface area contributed by atoms with Gasteiger partial charge in [-0.05, 0) is 12.1 Å². The number of rotatable bonds is 0. The Bertz CT molecular complexity index is 70.5. The minimum atomic E-state index is 0. The van der Waals surface area contributed by atoms with E-state index in [1.54, 1.807) is 0 Å². The molecular formula is C4H9Cl2NS. The Kier molecular flexibility index (Phi) is 20.1. The van der Waals surface area contributed by atoms with E-state index in [9.17, 15) is 0 Å². The van der Waals surface area contributed by atoms with Crippen molar-refractivity contribution < 1.29 is 0 Å². The lowest BCUT2D eigenvalue weighted by atomic mass is 10.7. The highest BCUT2D eigenvalue weighted by Crippen LogP contribution is 1.72. The normalized spacial score (nSPS) is 5.00. The Balaban J connectivity index is -0.0000000833. The zero-order valence-electron chi connectivity index (χ0n) is 4.13. The Morgan fingerprint density at radius 1 is 0.875 bits per heavy atom. The fourth-order valence-electron chi connectivity index (χ4n) is 0.278. The van der Waals surface area contributed by atoms with Crippen LogP contribution in [0.4, 0.5) is 0 Å². The van der Waals surface area contributed by atoms with Crippen LogP contribution in [-0.2, 0) is 0 Å². The van der Waals surface area contributed by atoms with Crippen LogP contribution in [0.3, 0.4) is 0 Å². The average molecular weight is 174 g/mol. The predicted octanol–water partition coefficient (Wildman–Crippen LogP) is 1.97. The van der Waals surface area contributed by atoms with Crippen molar-refractivity contribution in [3.63, 3.8) is 0 Å². The second-order valence-electron chi connectivity index (χ2n) is 0.885. The molecule has 0 aliphatic heterocycles. The molecule has 1 nitrogen and oxygen atoms in total. The van der Waals surface area contributed by atoms with E-state index < -0.39 is 0 Å². The summed E-state index contributed by atoms with van der Waals surface area (Å²) in [5.74, 6) is 0. The van der Waals surface area contributed by atoms with E-state index in [1.807, 2.05) is 24.5 Å². The second-order valence-corrected chi connectivity index (χ2v) is 0.885. The van der Waals surface area contributed by atoms with Crippen molar-refractivity contribution in [3.8, 4) is 0 Å². The molecule has 1 N–H and O–H groups in total. The van der Waals surface area contributed by atoms with Crippen molar-refractivity contribution in [1.29, 1.82) is 0 Å². The van der Waals surface area contributed by atoms with Gasteiger partial charge in [0.2, 0.25) is 0 Å². The molecule has 8 heavy (non-hydrogen) atoms. The predicted molar refractivity (Wildman–Crippen MR) is 45.7 cm³/mol. The number of hydrogen-bond donors (Lipinski definition) is 1. The first-order valence-electron chi connectivity index (χ1n) is 1.58. The van der Waals surface area contributed by atoms with Crippen LogP contribution in [0.5, 0.6) is 0 Å². The number of halogens is 2. The number of H-pyrrole nitrogens is 1. The average Bonchev–Trinajstić information content (AvgIpc) is 1.76. The summed E-state index contributed by atoms with van der Waals surface area (Å²) < 4.78 is 0. The Morgan fingerprint density at radius 2 is 1.25 bits per heavy atom. The number of aromatic amines is 1. The van der Waals surface area contributed by atoms with Crippen LogP contribution >= 0.6 is 38.3 Å². The molecule has 4 heteroatoms. The smallest absolute Gasteiger partial charge is 0.000496 e. The minimum Gasteiger partial charge on any atom is -0.368 e. The van der Waals surface area contributed by atoms with Crippen LogP contribution in [0.15, 0.2) is 24.5 Å². The molecule has 1 aromatic heterocycles. The van der Waals surface area contributed by atoms with Crippen LogP contribution in [-0.4, -0.2) is 4.98 Å². The SMILES string of the molecule is Cl.Cl.S.c1cc[nH]c1. The number of nitrogens with one attached hydrogen (secondary N) is 1. The van der Waals surface area contributed by atoms with Gasteiger partial charge in [-0.1, -0.05) is 0 Å². The van der Waals surface area contributed by atoms with E-state index >= 15 is 0 Å². The summed E-state index contributed by atoms with van der Waals surface area (Å²) in [4.78, 5) is 2.86. The van der Waals surface area contributed by atoms with Gasteiger partial charge in [0.15, 0.2) is 0 Å². The zero-order chi connectivity index (χ0) is 3.54. The summed E-state index contributed by atoms with van der Waals surface area (Å²) in [6, 6.07) is 3.89. The molecule has 0 amide bonds. The van der Waals surface area contributed by atoms with Gasteiger partial charge in [0.05, 0.1) is 0 Å². The van der Waals surface area contributed by atoms with Gasteiger partial charge in [-0.2, -0.15) is 13.5 Å². The molecule has 50 valence electrons. The first-order chi connectivity index (χ1) is 2.50. The van der Waals surface area contributed by atoms with E-state index in [0.717, 1.165) is 0 Å². The highest BCUT2D eigenvalue weighted by molar-refractivity contribution is 7.59. The van der Waals surface area contributed by atoms with Gasteiger partial charge in [0.25, 0.3) is 0 Å². The number of aromatic nitrogens is 1. The van der Waals surface area contributed by atoms with Crippen LogP contribution in [0.1, 0.15) is 0 Å². The maximum atomic E-state index is 2.86. The molecule has 1 rings (SSSR count). The molecule has 1 aromatic rings. The van der Waals surface area contributed by atoms with Gasteiger partial charge in [-0.25, -0.2) is 0 Å². The lowest BCUT2D eigenvalue weighted by Gasteiger charge is -1.49. The summed E-state index contributed by atoms with van der Waals surface area (Å²) >= 11 is 0. The van der Waals surface area contributed by atoms with Crippen molar-refractivity contribution in [3.05, 3.63) is 24.5 Å². The highest BCUT2D eigenvalue weighted by atomic mass is 35.5. The molecule has 0 radical (unpaired) electrons. The first kappa shape index (κ1) is 15.7. The molecule has 0 atom stereocenters. The summed E-state index contributed by atoms with van der Waals surface area (Å²) in [5.41, 5.74) is 0. The molecule has 0 aliphatic carbocycles. The number of hydrogen-bond acceptors (Lipinski definition) is 0. The molecule has 0 unspecified atom stereocenters. The summed E-state index contributed by atoms with van der Waals surface area (Å²) in [6.45, 7) is 0. The molecular weight excluding hydrogens is 165 g/mol. The van der Waals surface area contributed by atoms with Gasteiger partial charge >= 0.3 is 0 Å². The summed E-state index contributed by atoms with van der Waals surface area (Å²) in [6.07, 6.45) is 3.75. The topological polar surface area (TPSA) is 15.8 Å². The van der Waals surface area contributed by atoms with Crippen molar-refractivity contribution in [2.45, 2.75) is 0 Å². The van der Waals surface area contributed by atoms with E-state index in [1.165, 1.54) is 0 Å². The van der Waals surface area contributed by atoms with E-state index in [2.05, 4.69) is 4.98 Å². The fourth-order valence-corrected chi connectivity index (χ4v) is 0.278. The van der Waals surface area contributed by atoms with Gasteiger partial charge in [-0.3, -0.25) is 0 Å². The molecule has 0 aliphatic rings. The highest BCUT2D eigenvalue weighted by Gasteiger charge is 1.55. The van der Waals surface area contributed by atoms with E-state index in [0.29, 0.717) is 0 Å². The van der Waals surface area contributed by atoms with Crippen molar-refractivity contribution in [2.75, 3.05) is 0 Å². The second kappa shape index (κ2) is 10.2. The zero-order valence-corrected chi connectivity index (χ0v) is 6.76. The molecule has 1 heterocycles. The third-order valence-electron chi connectivity index (χ3n) is 0.496. The lowest BCUT2D eigenvalue weighted by Crippen LogP contribution is -1.38. The maximum absolute atomic E-state index is 2.86. The van der Waals surface area contributed by atoms with Crippen molar-refractivity contribution in [2.24, 2.45) is 0 Å². The van der Waals surface area contributed by atoms with Crippen LogP contribution in [0.25, 0.3) is 0 Å². The van der Waals surface area contributed by atoms with Gasteiger partial charge in [0, 0.05) is 12.4 Å². The molecule has 0 fully saturated rings. The van der Waals surface area contributed by atoms with Gasteiger partial charge in [0.1, 0.15) is 0 Å². The fraction of sp³-hybridized carbons (Fsp3) is 0. The Labute approximate surface area is 68.1 Å². The quantitative estimate of drug-likeness (QED) is 0.618. The molecule has 0 bridgehead atoms. The van der Waals surface area contributed by atoms with Crippen LogP contribution < -0.4 is 0 Å². The monoisotopic (exact) mass is 173 g/mol. The van der Waals surface area contributed by atoms with Gasteiger partial charge < -0.3 is 4.98 Å². The molecule has 0 saturated carbocycles. The molecule has 0 spiro atoms. The third-order valence-corrected chi connectivity index (χ3v) is 0.496. The largest absolute Gasteiger partial charge is 0.368 e. The van der Waals surface area contributed by atoms with Crippen LogP contribution in [0, 0.1) is 0 Å². The van der Waals surface area contributed by atoms with Gasteiger partial charge in [-0.15, -0.1) is 24.8 Å². The standard InChI is InChI=1S/C4H5N.2ClH.H2S/c1-2-4-5-3-1;;;/h1-5H;2*1H;1H2. The van der Waals surface area contributed by atoms with E-state index in [-0.39, 0.29) is 38.3 Å². The maximum Gasteiger partial charge on any atom is 0.000496 e. The lowest BCUT2D eigenvalue weighted by molar-refractivity contribution is 1.42. The Hall–Kier alpha value is 0.210. The summed E-state index contributed by atoms with van der Waals surface area (Å²) in [7, 11) is 0. The van der Waals surface area contributed by atoms with Crippen molar-refractivity contribution in [1.82, 2.24) is 4.98 Å². The third kappa shape index (κ3) is 6.21. The van der Waals surface area contributed by atoms with Crippen molar-refractivity contribution >= 4 is 38.3 Å². The first-order valence-corrected chi connectivity index (χ1v) is 1.58. The van der Waals surface area contributed by atoms with Crippen LogP contribution in [0.2, 0.25) is 0 Å². The summed E-state index contributed by atoms with van der Waals surface area (Å²) in [5, 5.41) is 0. The molecule has 0 aromatic carbocycles. The van der Waals surface area contributed by atoms with E-state index in [4.69, 9.17) is 0 Å². The minimum absolute atomic E-state index is 0. The Morgan fingerprint density at radius 3 is 1.38 bits per heavy atom. The molecule has 0 saturated heterocycles.